The Morgan fingerprint density at radius 3 is 3.10 bits per heavy atom. The Bertz CT molecular complexity index is 290. The average Bonchev–Trinajstić information content (AvgIpc) is 2.31. The second kappa shape index (κ2) is 2.83. The number of hydrogen-bond acceptors (Lipinski definition) is 2. The third-order valence-corrected chi connectivity index (χ3v) is 1.08. The Hall–Kier alpha value is -1.56. The van der Waals surface area contributed by atoms with Crippen LogP contribution in [0.1, 0.15) is 5.69 Å². The summed E-state index contributed by atoms with van der Waals surface area (Å²) in [5.74, 6) is 4.93. The summed E-state index contributed by atoms with van der Waals surface area (Å²) < 4.78 is 1.61. The van der Waals surface area contributed by atoms with Crippen LogP contribution in [0.15, 0.2) is 12.3 Å². The van der Waals surface area contributed by atoms with Crippen molar-refractivity contribution in [3.63, 3.8) is 0 Å². The van der Waals surface area contributed by atoms with Crippen LogP contribution in [0.4, 0.5) is 0 Å². The van der Waals surface area contributed by atoms with Crippen LogP contribution < -0.4 is 0 Å². The second-order valence-corrected chi connectivity index (χ2v) is 1.73. The molecule has 0 aliphatic heterocycles. The lowest BCUT2D eigenvalue weighted by atomic mass is 10.4. The molecule has 50 valence electrons. The summed E-state index contributed by atoms with van der Waals surface area (Å²) in [4.78, 5) is 9.81. The van der Waals surface area contributed by atoms with E-state index in [1.165, 1.54) is 0 Å². The van der Waals surface area contributed by atoms with E-state index in [1.54, 1.807) is 24.0 Å². The summed E-state index contributed by atoms with van der Waals surface area (Å²) in [5, 5.41) is 3.87. The molecule has 0 radical (unpaired) electrons. The topological polar surface area (TPSA) is 34.9 Å². The number of carbonyl (C=O) groups excluding carboxylic acids is 1. The van der Waals surface area contributed by atoms with Gasteiger partial charge in [-0.15, -0.1) is 0 Å². The van der Waals surface area contributed by atoms with Crippen LogP contribution in [0, 0.1) is 11.8 Å². The maximum absolute atomic E-state index is 9.81. The summed E-state index contributed by atoms with van der Waals surface area (Å²) in [7, 11) is 1.77. The van der Waals surface area contributed by atoms with Crippen LogP contribution in [0.25, 0.3) is 0 Å². The summed E-state index contributed by atoms with van der Waals surface area (Å²) >= 11 is 0. The molecule has 0 aliphatic rings. The Balaban J connectivity index is 2.94. The highest BCUT2D eigenvalue weighted by atomic mass is 16.1. The highest BCUT2D eigenvalue weighted by Crippen LogP contribution is 1.90. The fourth-order valence-corrected chi connectivity index (χ4v) is 0.600. The van der Waals surface area contributed by atoms with E-state index in [2.05, 4.69) is 16.9 Å². The van der Waals surface area contributed by atoms with Gasteiger partial charge in [0.1, 0.15) is 5.69 Å². The molecule has 3 nitrogen and oxygen atoms in total. The maximum Gasteiger partial charge on any atom is 0.193 e. The minimum atomic E-state index is 0.562. The van der Waals surface area contributed by atoms with Crippen molar-refractivity contribution in [2.75, 3.05) is 0 Å². The molecule has 0 amide bonds. The van der Waals surface area contributed by atoms with E-state index < -0.39 is 0 Å². The Labute approximate surface area is 58.7 Å². The molecule has 3 heteroatoms. The number of aromatic nitrogens is 2. The van der Waals surface area contributed by atoms with Gasteiger partial charge >= 0.3 is 0 Å². The van der Waals surface area contributed by atoms with Gasteiger partial charge in [0.25, 0.3) is 0 Å². The predicted molar refractivity (Wildman–Crippen MR) is 36.1 cm³/mol. The molecule has 0 bridgehead atoms. The van der Waals surface area contributed by atoms with Gasteiger partial charge < -0.3 is 0 Å². The minimum absolute atomic E-state index is 0.562. The van der Waals surface area contributed by atoms with Crippen molar-refractivity contribution < 1.29 is 4.79 Å². The Morgan fingerprint density at radius 1 is 1.80 bits per heavy atom. The van der Waals surface area contributed by atoms with Crippen molar-refractivity contribution >= 4 is 6.29 Å². The standard InChI is InChI=1S/C7H6N2O/c1-9-7(3-2-6-10)4-5-8-9/h4-6H,1H3. The van der Waals surface area contributed by atoms with Crippen LogP contribution in [-0.4, -0.2) is 16.1 Å². The molecule has 0 unspecified atom stereocenters. The average molecular weight is 134 g/mol. The van der Waals surface area contributed by atoms with Crippen molar-refractivity contribution in [1.29, 1.82) is 0 Å². The van der Waals surface area contributed by atoms with Crippen LogP contribution >= 0.6 is 0 Å². The Morgan fingerprint density at radius 2 is 2.60 bits per heavy atom. The molecule has 1 heterocycles. The summed E-state index contributed by atoms with van der Waals surface area (Å²) in [6, 6.07) is 1.75. The molecule has 0 atom stereocenters. The third kappa shape index (κ3) is 1.23. The predicted octanol–water partition coefficient (Wildman–Crippen LogP) is -0.0295. The van der Waals surface area contributed by atoms with Crippen LogP contribution in [-0.2, 0) is 11.8 Å². The van der Waals surface area contributed by atoms with E-state index in [4.69, 9.17) is 0 Å². The molecule has 0 saturated carbocycles. The monoisotopic (exact) mass is 134 g/mol. The zero-order valence-electron chi connectivity index (χ0n) is 5.53. The first-order valence-corrected chi connectivity index (χ1v) is 2.78. The molecule has 0 spiro atoms. The number of nitrogens with zero attached hydrogens (tertiary/aromatic N) is 2. The summed E-state index contributed by atoms with van der Waals surface area (Å²) in [5.41, 5.74) is 0.743. The number of carbonyl (C=O) groups is 1. The molecule has 0 N–H and O–H groups in total. The zero-order chi connectivity index (χ0) is 7.40. The lowest BCUT2D eigenvalue weighted by Gasteiger charge is -1.87. The van der Waals surface area contributed by atoms with E-state index in [1.807, 2.05) is 0 Å². The van der Waals surface area contributed by atoms with Crippen molar-refractivity contribution in [3.8, 4) is 11.8 Å². The van der Waals surface area contributed by atoms with Gasteiger partial charge in [-0.25, -0.2) is 0 Å². The first-order chi connectivity index (χ1) is 4.84. The van der Waals surface area contributed by atoms with Crippen molar-refractivity contribution in [2.45, 2.75) is 0 Å². The van der Waals surface area contributed by atoms with E-state index in [-0.39, 0.29) is 0 Å². The number of aryl methyl sites for hydroxylation is 1. The smallest absolute Gasteiger partial charge is 0.193 e. The fraction of sp³-hybridized carbons (Fsp3) is 0.143. The number of aldehydes is 1. The van der Waals surface area contributed by atoms with Gasteiger partial charge in [0, 0.05) is 7.05 Å². The normalized spacial score (nSPS) is 8.10. The second-order valence-electron chi connectivity index (χ2n) is 1.73. The van der Waals surface area contributed by atoms with E-state index in [9.17, 15) is 4.79 Å². The molecule has 1 rings (SSSR count). The number of rotatable bonds is 0. The maximum atomic E-state index is 9.81. The van der Waals surface area contributed by atoms with Crippen LogP contribution in [0.5, 0.6) is 0 Å². The fourth-order valence-electron chi connectivity index (χ4n) is 0.600. The minimum Gasteiger partial charge on any atom is -0.289 e. The molecular formula is C7H6N2O. The van der Waals surface area contributed by atoms with Crippen LogP contribution in [0.2, 0.25) is 0 Å². The molecule has 0 fully saturated rings. The van der Waals surface area contributed by atoms with Crippen LogP contribution in [0.3, 0.4) is 0 Å². The largest absolute Gasteiger partial charge is 0.289 e. The molecule has 1 aromatic rings. The quantitative estimate of drug-likeness (QED) is 0.369. The summed E-state index contributed by atoms with van der Waals surface area (Å²) in [6.07, 6.45) is 2.20. The van der Waals surface area contributed by atoms with Crippen molar-refractivity contribution in [2.24, 2.45) is 7.05 Å². The molecule has 0 aliphatic carbocycles. The molecule has 0 saturated heterocycles. The molecule has 10 heavy (non-hydrogen) atoms. The van der Waals surface area contributed by atoms with Gasteiger partial charge in [0.15, 0.2) is 6.29 Å². The van der Waals surface area contributed by atoms with Gasteiger partial charge in [0.2, 0.25) is 0 Å². The first kappa shape index (κ1) is 6.56. The first-order valence-electron chi connectivity index (χ1n) is 2.78. The highest BCUT2D eigenvalue weighted by Gasteiger charge is 1.89. The van der Waals surface area contributed by atoms with E-state index in [0.29, 0.717) is 6.29 Å². The molecule has 0 aromatic carbocycles. The lowest BCUT2D eigenvalue weighted by Crippen LogP contribution is -1.92. The van der Waals surface area contributed by atoms with Gasteiger partial charge in [0.05, 0.1) is 6.20 Å². The van der Waals surface area contributed by atoms with Gasteiger partial charge in [-0.1, -0.05) is 0 Å². The Kier molecular flexibility index (Phi) is 1.86. The highest BCUT2D eigenvalue weighted by molar-refractivity contribution is 5.73. The SMILES string of the molecule is Cn1nccc1C#CC=O. The zero-order valence-corrected chi connectivity index (χ0v) is 5.53. The number of hydrogen-bond donors (Lipinski definition) is 0. The molecular weight excluding hydrogens is 128 g/mol. The third-order valence-electron chi connectivity index (χ3n) is 1.08. The van der Waals surface area contributed by atoms with E-state index >= 15 is 0 Å². The molecule has 1 aromatic heterocycles. The van der Waals surface area contributed by atoms with Crippen molar-refractivity contribution in [3.05, 3.63) is 18.0 Å². The van der Waals surface area contributed by atoms with Gasteiger partial charge in [-0.2, -0.15) is 5.10 Å². The lowest BCUT2D eigenvalue weighted by molar-refractivity contribution is -0.103. The summed E-state index contributed by atoms with van der Waals surface area (Å²) in [6.45, 7) is 0. The van der Waals surface area contributed by atoms with Gasteiger partial charge in [-0.3, -0.25) is 9.48 Å². The van der Waals surface area contributed by atoms with Gasteiger partial charge in [-0.05, 0) is 17.9 Å². The van der Waals surface area contributed by atoms with E-state index in [0.717, 1.165) is 5.69 Å². The van der Waals surface area contributed by atoms with Crippen molar-refractivity contribution in [1.82, 2.24) is 9.78 Å².